The average Bonchev–Trinajstić information content (AvgIpc) is 2.87. The summed E-state index contributed by atoms with van der Waals surface area (Å²) in [7, 11) is 1.82. The SMILES string of the molecule is CN1CCC(NCc2cnn(CCO)c2)C1=O. The molecule has 0 aliphatic carbocycles. The number of amides is 1. The van der Waals surface area contributed by atoms with Gasteiger partial charge >= 0.3 is 0 Å². The molecular weight excluding hydrogens is 220 g/mol. The lowest BCUT2D eigenvalue weighted by Crippen LogP contribution is -2.36. The van der Waals surface area contributed by atoms with Crippen molar-refractivity contribution in [2.75, 3.05) is 20.2 Å². The van der Waals surface area contributed by atoms with Crippen molar-refractivity contribution in [3.05, 3.63) is 18.0 Å². The number of likely N-dealkylation sites (N-methyl/N-ethyl adjacent to an activating group) is 1. The molecule has 1 fully saturated rings. The summed E-state index contributed by atoms with van der Waals surface area (Å²) in [6.45, 7) is 2.04. The first-order valence-corrected chi connectivity index (χ1v) is 5.81. The second-order valence-electron chi connectivity index (χ2n) is 4.32. The highest BCUT2D eigenvalue weighted by Gasteiger charge is 2.28. The summed E-state index contributed by atoms with van der Waals surface area (Å²) in [6.07, 6.45) is 4.50. The first kappa shape index (κ1) is 12.1. The molecule has 0 bridgehead atoms. The van der Waals surface area contributed by atoms with Gasteiger partial charge in [-0.25, -0.2) is 0 Å². The van der Waals surface area contributed by atoms with Crippen LogP contribution >= 0.6 is 0 Å². The largest absolute Gasteiger partial charge is 0.394 e. The Bertz CT molecular complexity index is 391. The van der Waals surface area contributed by atoms with E-state index in [2.05, 4.69) is 10.4 Å². The molecule has 1 atom stereocenters. The Morgan fingerprint density at radius 1 is 1.65 bits per heavy atom. The van der Waals surface area contributed by atoms with Gasteiger partial charge in [-0.05, 0) is 6.42 Å². The predicted octanol–water partition coefficient (Wildman–Crippen LogP) is -0.804. The van der Waals surface area contributed by atoms with Crippen LogP contribution in [-0.2, 0) is 17.9 Å². The third-order valence-corrected chi connectivity index (χ3v) is 3.00. The van der Waals surface area contributed by atoms with E-state index in [4.69, 9.17) is 5.11 Å². The average molecular weight is 238 g/mol. The van der Waals surface area contributed by atoms with Gasteiger partial charge in [-0.1, -0.05) is 0 Å². The van der Waals surface area contributed by atoms with E-state index in [-0.39, 0.29) is 18.6 Å². The maximum Gasteiger partial charge on any atom is 0.239 e. The van der Waals surface area contributed by atoms with Crippen LogP contribution in [0.1, 0.15) is 12.0 Å². The lowest BCUT2D eigenvalue weighted by atomic mass is 10.2. The third kappa shape index (κ3) is 2.83. The Balaban J connectivity index is 1.83. The van der Waals surface area contributed by atoms with Crippen LogP contribution in [0.15, 0.2) is 12.4 Å². The zero-order valence-electron chi connectivity index (χ0n) is 9.96. The molecule has 2 N–H and O–H groups in total. The van der Waals surface area contributed by atoms with E-state index in [1.54, 1.807) is 15.8 Å². The van der Waals surface area contributed by atoms with Crippen molar-refractivity contribution in [2.24, 2.45) is 0 Å². The Labute approximate surface area is 100 Å². The number of aliphatic hydroxyl groups is 1. The molecule has 0 spiro atoms. The number of carbonyl (C=O) groups excluding carboxylic acids is 1. The van der Waals surface area contributed by atoms with Gasteiger partial charge in [0.1, 0.15) is 0 Å². The monoisotopic (exact) mass is 238 g/mol. The minimum atomic E-state index is -0.0683. The summed E-state index contributed by atoms with van der Waals surface area (Å²) in [5, 5.41) is 16.1. The molecule has 94 valence electrons. The molecule has 0 saturated carbocycles. The third-order valence-electron chi connectivity index (χ3n) is 3.00. The normalized spacial score (nSPS) is 20.2. The molecule has 1 unspecified atom stereocenters. The minimum absolute atomic E-state index is 0.0683. The molecule has 2 rings (SSSR count). The van der Waals surface area contributed by atoms with Gasteiger partial charge in [0, 0.05) is 31.9 Å². The van der Waals surface area contributed by atoms with Crippen molar-refractivity contribution in [1.29, 1.82) is 0 Å². The van der Waals surface area contributed by atoms with Crippen LogP contribution in [-0.4, -0.2) is 51.9 Å². The number of aromatic nitrogens is 2. The fourth-order valence-electron chi connectivity index (χ4n) is 1.98. The van der Waals surface area contributed by atoms with Gasteiger partial charge in [0.15, 0.2) is 0 Å². The molecule has 17 heavy (non-hydrogen) atoms. The van der Waals surface area contributed by atoms with Gasteiger partial charge in [-0.2, -0.15) is 5.10 Å². The molecule has 0 aromatic carbocycles. The van der Waals surface area contributed by atoms with E-state index in [9.17, 15) is 4.79 Å². The molecule has 0 radical (unpaired) electrons. The van der Waals surface area contributed by atoms with E-state index in [0.29, 0.717) is 13.1 Å². The van der Waals surface area contributed by atoms with Crippen molar-refractivity contribution in [2.45, 2.75) is 25.6 Å². The van der Waals surface area contributed by atoms with Crippen molar-refractivity contribution in [3.63, 3.8) is 0 Å². The highest BCUT2D eigenvalue weighted by molar-refractivity contribution is 5.83. The molecule has 6 heteroatoms. The summed E-state index contributed by atoms with van der Waals surface area (Å²) < 4.78 is 1.69. The summed E-state index contributed by atoms with van der Waals surface area (Å²) >= 11 is 0. The Hall–Kier alpha value is -1.40. The number of carbonyl (C=O) groups is 1. The smallest absolute Gasteiger partial charge is 0.239 e. The Kier molecular flexibility index (Phi) is 3.75. The molecular formula is C11H18N4O2. The quantitative estimate of drug-likeness (QED) is 0.704. The lowest BCUT2D eigenvalue weighted by molar-refractivity contribution is -0.128. The minimum Gasteiger partial charge on any atom is -0.394 e. The Morgan fingerprint density at radius 3 is 3.12 bits per heavy atom. The van der Waals surface area contributed by atoms with Crippen LogP contribution in [0.25, 0.3) is 0 Å². The molecule has 1 aliphatic rings. The number of nitrogens with zero attached hydrogens (tertiary/aromatic N) is 3. The van der Waals surface area contributed by atoms with Crippen LogP contribution in [0, 0.1) is 0 Å². The summed E-state index contributed by atoms with van der Waals surface area (Å²) in [6, 6.07) is -0.0683. The predicted molar refractivity (Wildman–Crippen MR) is 62.2 cm³/mol. The number of aliphatic hydroxyl groups excluding tert-OH is 1. The van der Waals surface area contributed by atoms with Gasteiger partial charge < -0.3 is 15.3 Å². The zero-order chi connectivity index (χ0) is 12.3. The fourth-order valence-corrected chi connectivity index (χ4v) is 1.98. The van der Waals surface area contributed by atoms with Crippen molar-refractivity contribution in [3.8, 4) is 0 Å². The van der Waals surface area contributed by atoms with Crippen LogP contribution in [0.4, 0.5) is 0 Å². The summed E-state index contributed by atoms with van der Waals surface area (Å²) in [5.74, 6) is 0.160. The van der Waals surface area contributed by atoms with E-state index in [0.717, 1.165) is 18.5 Å². The second kappa shape index (κ2) is 5.29. The highest BCUT2D eigenvalue weighted by atomic mass is 16.3. The lowest BCUT2D eigenvalue weighted by Gasteiger charge is -2.11. The molecule has 2 heterocycles. The number of hydrogen-bond acceptors (Lipinski definition) is 4. The zero-order valence-corrected chi connectivity index (χ0v) is 9.96. The molecule has 6 nitrogen and oxygen atoms in total. The molecule has 1 aromatic heterocycles. The first-order valence-electron chi connectivity index (χ1n) is 5.81. The van der Waals surface area contributed by atoms with E-state index in [1.807, 2.05) is 13.2 Å². The maximum absolute atomic E-state index is 11.6. The number of likely N-dealkylation sites (tertiary alicyclic amines) is 1. The van der Waals surface area contributed by atoms with Crippen LogP contribution < -0.4 is 5.32 Å². The molecule has 1 amide bonds. The van der Waals surface area contributed by atoms with Crippen molar-refractivity contribution >= 4 is 5.91 Å². The van der Waals surface area contributed by atoms with E-state index < -0.39 is 0 Å². The van der Waals surface area contributed by atoms with Gasteiger partial charge in [-0.15, -0.1) is 0 Å². The fraction of sp³-hybridized carbons (Fsp3) is 0.636. The number of hydrogen-bond donors (Lipinski definition) is 2. The van der Waals surface area contributed by atoms with Crippen LogP contribution in [0.5, 0.6) is 0 Å². The van der Waals surface area contributed by atoms with Gasteiger partial charge in [0.25, 0.3) is 0 Å². The Morgan fingerprint density at radius 2 is 2.47 bits per heavy atom. The summed E-state index contributed by atoms with van der Waals surface area (Å²) in [4.78, 5) is 13.4. The summed E-state index contributed by atoms with van der Waals surface area (Å²) in [5.41, 5.74) is 1.03. The molecule has 1 aliphatic heterocycles. The maximum atomic E-state index is 11.6. The van der Waals surface area contributed by atoms with E-state index in [1.165, 1.54) is 0 Å². The van der Waals surface area contributed by atoms with E-state index >= 15 is 0 Å². The second-order valence-corrected chi connectivity index (χ2v) is 4.32. The van der Waals surface area contributed by atoms with Gasteiger partial charge in [0.2, 0.25) is 5.91 Å². The molecule has 1 saturated heterocycles. The standard InChI is InChI=1S/C11H18N4O2/c1-14-3-2-10(11(14)17)12-6-9-7-13-15(8-9)4-5-16/h7-8,10,12,16H,2-6H2,1H3. The van der Waals surface area contributed by atoms with Gasteiger partial charge in [-0.3, -0.25) is 9.48 Å². The first-order chi connectivity index (χ1) is 8.20. The van der Waals surface area contributed by atoms with Gasteiger partial charge in [0.05, 0.1) is 25.4 Å². The van der Waals surface area contributed by atoms with Crippen LogP contribution in [0.3, 0.4) is 0 Å². The molecule has 1 aromatic rings. The van der Waals surface area contributed by atoms with Crippen molar-refractivity contribution < 1.29 is 9.90 Å². The van der Waals surface area contributed by atoms with Crippen molar-refractivity contribution in [1.82, 2.24) is 20.0 Å². The number of nitrogens with one attached hydrogen (secondary N) is 1. The number of rotatable bonds is 5. The topological polar surface area (TPSA) is 70.4 Å². The highest BCUT2D eigenvalue weighted by Crippen LogP contribution is 2.09. The van der Waals surface area contributed by atoms with Crippen LogP contribution in [0.2, 0.25) is 0 Å².